The van der Waals surface area contributed by atoms with E-state index in [4.69, 9.17) is 9.47 Å². The Labute approximate surface area is 213 Å². The Morgan fingerprint density at radius 3 is 2.46 bits per heavy atom. The van der Waals surface area contributed by atoms with Gasteiger partial charge in [0.15, 0.2) is 12.9 Å². The number of aliphatic hydroxyl groups is 1. The van der Waals surface area contributed by atoms with Gasteiger partial charge in [0.05, 0.1) is 11.3 Å². The van der Waals surface area contributed by atoms with E-state index >= 15 is 0 Å². The zero-order valence-electron chi connectivity index (χ0n) is 20.7. The molecule has 0 aliphatic carbocycles. The number of aryl methyl sites for hydroxylation is 1. The monoisotopic (exact) mass is 514 g/mol. The summed E-state index contributed by atoms with van der Waals surface area (Å²) in [6.07, 6.45) is -2.71. The van der Waals surface area contributed by atoms with Gasteiger partial charge in [-0.05, 0) is 42.8 Å². The van der Waals surface area contributed by atoms with E-state index in [0.717, 1.165) is 17.5 Å². The number of aldehydes is 1. The average Bonchev–Trinajstić information content (AvgIpc) is 2.88. The Balaban J connectivity index is 1.66. The van der Waals surface area contributed by atoms with Crippen molar-refractivity contribution >= 4 is 12.0 Å². The number of benzene rings is 2. The maximum atomic E-state index is 12.9. The number of hydrogen-bond donors (Lipinski definition) is 1. The molecule has 37 heavy (non-hydrogen) atoms. The number of ether oxygens (including phenoxy) is 2. The highest BCUT2D eigenvalue weighted by molar-refractivity contribution is 5.83. The summed E-state index contributed by atoms with van der Waals surface area (Å²) in [4.78, 5) is 18.5. The first-order chi connectivity index (χ1) is 17.6. The van der Waals surface area contributed by atoms with Gasteiger partial charge in [-0.15, -0.1) is 0 Å². The second-order valence-electron chi connectivity index (χ2n) is 9.24. The van der Waals surface area contributed by atoms with Crippen molar-refractivity contribution in [2.75, 3.05) is 31.8 Å². The standard InChI is InChI=1S/C28H29F3N2O4/c1-19-15-20(17-34)24(26(32-19)23-5-3-4-6-25(23)37-18-28(29,30)31)16-33(2)22-9-7-21(8-10-22)27(35)11-13-36-14-12-27/h3-10,15,17,35H,11-14,16,18H2,1-2H3. The van der Waals surface area contributed by atoms with Crippen LogP contribution in [0.15, 0.2) is 54.6 Å². The van der Waals surface area contributed by atoms with Crippen LogP contribution in [0.1, 0.15) is 40.0 Å². The van der Waals surface area contributed by atoms with Crippen LogP contribution >= 0.6 is 0 Å². The first-order valence-electron chi connectivity index (χ1n) is 12.0. The number of nitrogens with zero attached hydrogens (tertiary/aromatic N) is 2. The summed E-state index contributed by atoms with van der Waals surface area (Å²) >= 11 is 0. The zero-order valence-corrected chi connectivity index (χ0v) is 20.7. The number of carbonyl (C=O) groups excluding carboxylic acids is 1. The van der Waals surface area contributed by atoms with Gasteiger partial charge >= 0.3 is 6.18 Å². The van der Waals surface area contributed by atoms with Crippen LogP contribution in [0.5, 0.6) is 5.75 Å². The molecule has 1 fully saturated rings. The van der Waals surface area contributed by atoms with Gasteiger partial charge in [0.25, 0.3) is 0 Å². The molecule has 0 unspecified atom stereocenters. The molecule has 1 N–H and O–H groups in total. The highest BCUT2D eigenvalue weighted by atomic mass is 19.4. The number of rotatable bonds is 8. The van der Waals surface area contributed by atoms with Gasteiger partial charge in [-0.25, -0.2) is 0 Å². The van der Waals surface area contributed by atoms with Crippen LogP contribution < -0.4 is 9.64 Å². The highest BCUT2D eigenvalue weighted by Crippen LogP contribution is 2.36. The SMILES string of the molecule is Cc1cc(C=O)c(CN(C)c2ccc(C3(O)CCOCC3)cc2)c(-c2ccccc2OCC(F)(F)F)n1. The Kier molecular flexibility index (Phi) is 7.85. The van der Waals surface area contributed by atoms with Crippen molar-refractivity contribution in [2.45, 2.75) is 38.1 Å². The van der Waals surface area contributed by atoms with Gasteiger partial charge in [-0.3, -0.25) is 9.78 Å². The van der Waals surface area contributed by atoms with E-state index in [0.29, 0.717) is 54.1 Å². The van der Waals surface area contributed by atoms with E-state index in [2.05, 4.69) is 4.98 Å². The fourth-order valence-corrected chi connectivity index (χ4v) is 4.52. The minimum absolute atomic E-state index is 0.0349. The molecule has 0 atom stereocenters. The molecule has 3 aromatic rings. The van der Waals surface area contributed by atoms with Crippen molar-refractivity contribution in [2.24, 2.45) is 0 Å². The van der Waals surface area contributed by atoms with Crippen molar-refractivity contribution in [3.63, 3.8) is 0 Å². The molecule has 0 spiro atoms. The summed E-state index contributed by atoms with van der Waals surface area (Å²) in [6.45, 7) is 1.56. The van der Waals surface area contributed by atoms with E-state index < -0.39 is 18.4 Å². The molecule has 1 saturated heterocycles. The molecule has 2 aromatic carbocycles. The Hall–Kier alpha value is -3.43. The molecule has 0 bridgehead atoms. The van der Waals surface area contributed by atoms with Gasteiger partial charge in [0.2, 0.25) is 0 Å². The number of alkyl halides is 3. The third-order valence-electron chi connectivity index (χ3n) is 6.51. The van der Waals surface area contributed by atoms with Crippen LogP contribution in [0.4, 0.5) is 18.9 Å². The van der Waals surface area contributed by atoms with Gasteiger partial charge in [-0.1, -0.05) is 24.3 Å². The lowest BCUT2D eigenvalue weighted by atomic mass is 9.86. The quantitative estimate of drug-likeness (QED) is 0.404. The Bertz CT molecular complexity index is 1240. The van der Waals surface area contributed by atoms with E-state index in [-0.39, 0.29) is 12.3 Å². The summed E-state index contributed by atoms with van der Waals surface area (Å²) in [6, 6.07) is 15.6. The topological polar surface area (TPSA) is 71.9 Å². The molecule has 0 amide bonds. The molecule has 6 nitrogen and oxygen atoms in total. The minimum Gasteiger partial charge on any atom is -0.483 e. The van der Waals surface area contributed by atoms with Crippen molar-refractivity contribution in [3.8, 4) is 17.0 Å². The lowest BCUT2D eigenvalue weighted by Gasteiger charge is -2.33. The first-order valence-corrected chi connectivity index (χ1v) is 12.0. The molecule has 9 heteroatoms. The number of halogens is 3. The maximum absolute atomic E-state index is 12.9. The van der Waals surface area contributed by atoms with Crippen molar-refractivity contribution in [3.05, 3.63) is 77.0 Å². The number of hydrogen-bond acceptors (Lipinski definition) is 6. The molecular weight excluding hydrogens is 485 g/mol. The molecule has 1 aromatic heterocycles. The van der Waals surface area contributed by atoms with E-state index in [9.17, 15) is 23.1 Å². The van der Waals surface area contributed by atoms with Crippen LogP contribution in [-0.2, 0) is 16.9 Å². The van der Waals surface area contributed by atoms with E-state index in [1.165, 1.54) is 6.07 Å². The largest absolute Gasteiger partial charge is 0.483 e. The van der Waals surface area contributed by atoms with Gasteiger partial charge in [0, 0.05) is 67.7 Å². The van der Waals surface area contributed by atoms with Crippen LogP contribution in [0.3, 0.4) is 0 Å². The number of pyridine rings is 1. The fraction of sp³-hybridized carbons (Fsp3) is 0.357. The fourth-order valence-electron chi connectivity index (χ4n) is 4.52. The van der Waals surface area contributed by atoms with Gasteiger partial charge in [0.1, 0.15) is 5.75 Å². The predicted molar refractivity (Wildman–Crippen MR) is 134 cm³/mol. The lowest BCUT2D eigenvalue weighted by molar-refractivity contribution is -0.153. The summed E-state index contributed by atoms with van der Waals surface area (Å²) < 4.78 is 49.0. The van der Waals surface area contributed by atoms with Crippen molar-refractivity contribution in [1.82, 2.24) is 4.98 Å². The molecule has 2 heterocycles. The normalized spacial score (nSPS) is 15.3. The van der Waals surface area contributed by atoms with Crippen LogP contribution in [0.2, 0.25) is 0 Å². The molecule has 0 radical (unpaired) electrons. The van der Waals surface area contributed by atoms with Gasteiger partial charge in [-0.2, -0.15) is 13.2 Å². The summed E-state index contributed by atoms with van der Waals surface area (Å²) in [7, 11) is 1.85. The number of para-hydroxylation sites is 1. The highest BCUT2D eigenvalue weighted by Gasteiger charge is 2.32. The summed E-state index contributed by atoms with van der Waals surface area (Å²) in [5, 5.41) is 11.0. The third kappa shape index (κ3) is 6.29. The number of anilines is 1. The molecule has 196 valence electrons. The Morgan fingerprint density at radius 1 is 1.14 bits per heavy atom. The van der Waals surface area contributed by atoms with Gasteiger partial charge < -0.3 is 19.5 Å². The molecule has 1 aliphatic heterocycles. The predicted octanol–water partition coefficient (Wildman–Crippen LogP) is 5.45. The Morgan fingerprint density at radius 2 is 1.81 bits per heavy atom. The first kappa shape index (κ1) is 26.6. The molecule has 4 rings (SSSR count). The van der Waals surface area contributed by atoms with Crippen molar-refractivity contribution in [1.29, 1.82) is 0 Å². The van der Waals surface area contributed by atoms with E-state index in [1.807, 2.05) is 36.2 Å². The lowest BCUT2D eigenvalue weighted by Crippen LogP contribution is -2.33. The van der Waals surface area contributed by atoms with E-state index in [1.54, 1.807) is 31.2 Å². The number of aromatic nitrogens is 1. The van der Waals surface area contributed by atoms with Crippen LogP contribution in [-0.4, -0.2) is 49.4 Å². The number of carbonyl (C=O) groups is 1. The second kappa shape index (κ2) is 10.9. The third-order valence-corrected chi connectivity index (χ3v) is 6.51. The summed E-state index contributed by atoms with van der Waals surface area (Å²) in [5.41, 5.74) is 3.02. The second-order valence-corrected chi connectivity index (χ2v) is 9.24. The molecule has 0 saturated carbocycles. The average molecular weight is 515 g/mol. The summed E-state index contributed by atoms with van der Waals surface area (Å²) in [5.74, 6) is 0.0349. The minimum atomic E-state index is -4.49. The zero-order chi connectivity index (χ0) is 26.6. The van der Waals surface area contributed by atoms with Crippen LogP contribution in [0, 0.1) is 6.92 Å². The van der Waals surface area contributed by atoms with Crippen molar-refractivity contribution < 1.29 is 32.5 Å². The molecular formula is C28H29F3N2O4. The maximum Gasteiger partial charge on any atom is 0.422 e. The molecule has 1 aliphatic rings. The van der Waals surface area contributed by atoms with Crippen LogP contribution in [0.25, 0.3) is 11.3 Å². The smallest absolute Gasteiger partial charge is 0.422 e.